The van der Waals surface area contributed by atoms with E-state index in [0.717, 1.165) is 5.56 Å². The van der Waals surface area contributed by atoms with E-state index in [1.807, 2.05) is 0 Å². The first kappa shape index (κ1) is 10.0. The molecule has 7 heteroatoms. The van der Waals surface area contributed by atoms with Crippen LogP contribution in [-0.4, -0.2) is 31.0 Å². The number of aromatic nitrogens is 4. The van der Waals surface area contributed by atoms with Gasteiger partial charge in [-0.2, -0.15) is 10.1 Å². The van der Waals surface area contributed by atoms with Gasteiger partial charge in [-0.05, 0) is 6.42 Å². The molecule has 0 saturated heterocycles. The first-order valence-corrected chi connectivity index (χ1v) is 5.20. The molecule has 0 radical (unpaired) electrons. The van der Waals surface area contributed by atoms with Gasteiger partial charge in [-0.15, -0.1) is 0 Å². The van der Waals surface area contributed by atoms with E-state index in [1.165, 1.54) is 0 Å². The maximum absolute atomic E-state index is 10.7. The molecule has 2 unspecified atom stereocenters. The van der Waals surface area contributed by atoms with E-state index >= 15 is 0 Å². The highest BCUT2D eigenvalue weighted by molar-refractivity contribution is 5.74. The van der Waals surface area contributed by atoms with Crippen LogP contribution in [0, 0.1) is 5.92 Å². The number of carboxylic acid groups (broad SMARTS) is 1. The van der Waals surface area contributed by atoms with Gasteiger partial charge >= 0.3 is 5.97 Å². The summed E-state index contributed by atoms with van der Waals surface area (Å²) in [6.45, 7) is 0. The summed E-state index contributed by atoms with van der Waals surface area (Å²) >= 11 is 0. The summed E-state index contributed by atoms with van der Waals surface area (Å²) in [4.78, 5) is 14.9. The second kappa shape index (κ2) is 3.41. The fourth-order valence-electron chi connectivity index (χ4n) is 1.78. The topological polar surface area (TPSA) is 94.0 Å². The molecule has 1 saturated carbocycles. The van der Waals surface area contributed by atoms with Crippen LogP contribution in [0.2, 0.25) is 0 Å². The lowest BCUT2D eigenvalue weighted by molar-refractivity contribution is -0.138. The van der Waals surface area contributed by atoms with Crippen LogP contribution in [0.5, 0.6) is 0 Å². The number of carboxylic acids is 1. The minimum atomic E-state index is -0.809. The Morgan fingerprint density at radius 1 is 1.65 bits per heavy atom. The van der Waals surface area contributed by atoms with Gasteiger partial charge in [-0.25, -0.2) is 0 Å². The molecular formula is C10H10N4O3. The van der Waals surface area contributed by atoms with Crippen LogP contribution < -0.4 is 0 Å². The molecule has 0 bridgehead atoms. The average molecular weight is 234 g/mol. The van der Waals surface area contributed by atoms with Crippen molar-refractivity contribution in [1.82, 2.24) is 19.9 Å². The Bertz CT molecular complexity index is 574. The fourth-order valence-corrected chi connectivity index (χ4v) is 1.78. The lowest BCUT2D eigenvalue weighted by Crippen LogP contribution is -1.98. The smallest absolute Gasteiger partial charge is 0.307 e. The van der Waals surface area contributed by atoms with Crippen molar-refractivity contribution in [1.29, 1.82) is 0 Å². The fraction of sp³-hybridized carbons (Fsp3) is 0.400. The number of aliphatic carboxylic acids is 1. The number of hydrogen-bond donors (Lipinski definition) is 1. The predicted octanol–water partition coefficient (Wildman–Crippen LogP) is 0.658. The van der Waals surface area contributed by atoms with Crippen LogP contribution in [0.1, 0.15) is 18.2 Å². The SMILES string of the molecule is Cn1cc(-c2noc(C3CC3C(=O)O)n2)cn1. The Morgan fingerprint density at radius 2 is 2.47 bits per heavy atom. The van der Waals surface area contributed by atoms with Crippen molar-refractivity contribution in [2.24, 2.45) is 13.0 Å². The molecule has 2 heterocycles. The summed E-state index contributed by atoms with van der Waals surface area (Å²) in [5.41, 5.74) is 0.759. The van der Waals surface area contributed by atoms with Gasteiger partial charge in [0.25, 0.3) is 0 Å². The van der Waals surface area contributed by atoms with Gasteiger partial charge in [0.15, 0.2) is 0 Å². The molecular weight excluding hydrogens is 224 g/mol. The van der Waals surface area contributed by atoms with Gasteiger partial charge in [-0.1, -0.05) is 5.16 Å². The molecule has 1 aliphatic carbocycles. The van der Waals surface area contributed by atoms with Gasteiger partial charge in [0, 0.05) is 13.2 Å². The van der Waals surface area contributed by atoms with Crippen molar-refractivity contribution in [3.63, 3.8) is 0 Å². The predicted molar refractivity (Wildman–Crippen MR) is 55.0 cm³/mol. The summed E-state index contributed by atoms with van der Waals surface area (Å²) in [6.07, 6.45) is 3.98. The zero-order valence-electron chi connectivity index (χ0n) is 9.07. The summed E-state index contributed by atoms with van der Waals surface area (Å²) in [6, 6.07) is 0. The second-order valence-electron chi connectivity index (χ2n) is 4.15. The number of hydrogen-bond acceptors (Lipinski definition) is 5. The quantitative estimate of drug-likeness (QED) is 0.838. The van der Waals surface area contributed by atoms with Gasteiger partial charge in [0.05, 0.1) is 23.6 Å². The second-order valence-corrected chi connectivity index (χ2v) is 4.15. The van der Waals surface area contributed by atoms with Crippen LogP contribution in [0.4, 0.5) is 0 Å². The van der Waals surface area contributed by atoms with Gasteiger partial charge < -0.3 is 9.63 Å². The maximum atomic E-state index is 10.7. The lowest BCUT2D eigenvalue weighted by atomic mass is 10.3. The van der Waals surface area contributed by atoms with Gasteiger partial charge in [-0.3, -0.25) is 9.48 Å². The molecule has 0 aromatic carbocycles. The highest BCUT2D eigenvalue weighted by Crippen LogP contribution is 2.47. The van der Waals surface area contributed by atoms with Crippen molar-refractivity contribution < 1.29 is 14.4 Å². The third kappa shape index (κ3) is 1.69. The van der Waals surface area contributed by atoms with Crippen LogP contribution in [0.15, 0.2) is 16.9 Å². The van der Waals surface area contributed by atoms with E-state index in [-0.39, 0.29) is 11.8 Å². The number of aryl methyl sites for hydroxylation is 1. The van der Waals surface area contributed by atoms with Crippen LogP contribution in [0.3, 0.4) is 0 Å². The molecule has 2 aromatic heterocycles. The van der Waals surface area contributed by atoms with E-state index in [0.29, 0.717) is 18.1 Å². The molecule has 0 spiro atoms. The molecule has 88 valence electrons. The van der Waals surface area contributed by atoms with Crippen molar-refractivity contribution in [2.45, 2.75) is 12.3 Å². The monoisotopic (exact) mass is 234 g/mol. The zero-order valence-corrected chi connectivity index (χ0v) is 9.07. The molecule has 1 fully saturated rings. The Kier molecular flexibility index (Phi) is 2.01. The summed E-state index contributed by atoms with van der Waals surface area (Å²) < 4.78 is 6.71. The van der Waals surface area contributed by atoms with Crippen LogP contribution in [0.25, 0.3) is 11.4 Å². The minimum Gasteiger partial charge on any atom is -0.481 e. The Hall–Kier alpha value is -2.18. The van der Waals surface area contributed by atoms with Crippen molar-refractivity contribution >= 4 is 5.97 Å². The van der Waals surface area contributed by atoms with Gasteiger partial charge in [0.2, 0.25) is 11.7 Å². The van der Waals surface area contributed by atoms with Crippen molar-refractivity contribution in [3.05, 3.63) is 18.3 Å². The molecule has 1 aliphatic rings. The standard InChI is InChI=1S/C10H10N4O3/c1-14-4-5(3-11-14)8-12-9(17-13-8)6-2-7(6)10(15)16/h3-4,6-7H,2H2,1H3,(H,15,16). The molecule has 17 heavy (non-hydrogen) atoms. The average Bonchev–Trinajstić information content (AvgIpc) is 2.74. The molecule has 7 nitrogen and oxygen atoms in total. The normalized spacial score (nSPS) is 22.6. The largest absolute Gasteiger partial charge is 0.481 e. The first-order chi connectivity index (χ1) is 8.15. The molecule has 0 aliphatic heterocycles. The van der Waals surface area contributed by atoms with Gasteiger partial charge in [0.1, 0.15) is 0 Å². The number of nitrogens with zero attached hydrogens (tertiary/aromatic N) is 4. The highest BCUT2D eigenvalue weighted by Gasteiger charge is 2.48. The number of rotatable bonds is 3. The molecule has 3 rings (SSSR count). The third-order valence-electron chi connectivity index (χ3n) is 2.83. The Balaban J connectivity index is 1.82. The van der Waals surface area contributed by atoms with Crippen molar-refractivity contribution in [2.75, 3.05) is 0 Å². The maximum Gasteiger partial charge on any atom is 0.307 e. The third-order valence-corrected chi connectivity index (χ3v) is 2.83. The van der Waals surface area contributed by atoms with Crippen LogP contribution >= 0.6 is 0 Å². The molecule has 2 aromatic rings. The van der Waals surface area contributed by atoms with Crippen molar-refractivity contribution in [3.8, 4) is 11.4 Å². The summed E-state index contributed by atoms with van der Waals surface area (Å²) in [5.74, 6) is -0.473. The molecule has 1 N–H and O–H groups in total. The summed E-state index contributed by atoms with van der Waals surface area (Å²) in [7, 11) is 1.80. The molecule has 0 amide bonds. The van der Waals surface area contributed by atoms with Crippen LogP contribution in [-0.2, 0) is 11.8 Å². The minimum absolute atomic E-state index is 0.134. The van der Waals surface area contributed by atoms with E-state index < -0.39 is 5.97 Å². The zero-order chi connectivity index (χ0) is 12.0. The van der Waals surface area contributed by atoms with E-state index in [2.05, 4.69) is 15.2 Å². The summed E-state index contributed by atoms with van der Waals surface area (Å²) in [5, 5.41) is 16.6. The highest BCUT2D eigenvalue weighted by atomic mass is 16.5. The van der Waals surface area contributed by atoms with E-state index in [9.17, 15) is 4.79 Å². The van der Waals surface area contributed by atoms with E-state index in [4.69, 9.17) is 9.63 Å². The Morgan fingerprint density at radius 3 is 3.06 bits per heavy atom. The first-order valence-electron chi connectivity index (χ1n) is 5.20. The Labute approximate surface area is 96.1 Å². The lowest BCUT2D eigenvalue weighted by Gasteiger charge is -1.86. The molecule has 2 atom stereocenters. The van der Waals surface area contributed by atoms with E-state index in [1.54, 1.807) is 24.1 Å². The number of carbonyl (C=O) groups is 1.